The highest BCUT2D eigenvalue weighted by Crippen LogP contribution is 2.42. The number of hydrogen-bond acceptors (Lipinski definition) is 5. The summed E-state index contributed by atoms with van der Waals surface area (Å²) in [7, 11) is -3.70. The van der Waals surface area contributed by atoms with Crippen LogP contribution in [0.25, 0.3) is 0 Å². The summed E-state index contributed by atoms with van der Waals surface area (Å²) < 4.78 is 39.5. The van der Waals surface area contributed by atoms with E-state index in [1.54, 1.807) is 19.1 Å². The Morgan fingerprint density at radius 1 is 1.12 bits per heavy atom. The zero-order valence-corrected chi connectivity index (χ0v) is 20.3. The molecule has 7 nitrogen and oxygen atoms in total. The first-order valence-electron chi connectivity index (χ1n) is 11.6. The summed E-state index contributed by atoms with van der Waals surface area (Å²) in [5.74, 6) is 0.494. The van der Waals surface area contributed by atoms with Crippen LogP contribution in [0.1, 0.15) is 60.6 Å². The number of nitrogens with zero attached hydrogens (tertiary/aromatic N) is 1. The molecule has 1 amide bonds. The van der Waals surface area contributed by atoms with Crippen LogP contribution in [0.15, 0.2) is 47.4 Å². The summed E-state index contributed by atoms with van der Waals surface area (Å²) in [4.78, 5) is 13.5. The van der Waals surface area contributed by atoms with Crippen molar-refractivity contribution in [3.8, 4) is 5.75 Å². The second-order valence-electron chi connectivity index (χ2n) is 8.76. The second-order valence-corrected chi connectivity index (χ2v) is 10.7. The van der Waals surface area contributed by atoms with Crippen LogP contribution >= 0.6 is 0 Å². The number of rotatable bonds is 6. The summed E-state index contributed by atoms with van der Waals surface area (Å²) in [6, 6.07) is 12.4. The van der Waals surface area contributed by atoms with Crippen LogP contribution in [0.5, 0.6) is 5.75 Å². The minimum atomic E-state index is -3.70. The van der Waals surface area contributed by atoms with Crippen molar-refractivity contribution in [1.82, 2.24) is 9.62 Å². The highest BCUT2D eigenvalue weighted by Gasteiger charge is 2.39. The Balaban J connectivity index is 1.62. The number of para-hydroxylation sites is 1. The van der Waals surface area contributed by atoms with Gasteiger partial charge in [0.1, 0.15) is 11.4 Å². The summed E-state index contributed by atoms with van der Waals surface area (Å²) >= 11 is 0. The third kappa shape index (κ3) is 4.65. The number of nitrogens with one attached hydrogen (secondary N) is 1. The van der Waals surface area contributed by atoms with E-state index >= 15 is 0 Å². The van der Waals surface area contributed by atoms with Gasteiger partial charge in [-0.05, 0) is 43.5 Å². The van der Waals surface area contributed by atoms with E-state index in [0.717, 1.165) is 24.2 Å². The molecule has 2 aromatic rings. The maximum Gasteiger partial charge on any atom is 0.251 e. The molecule has 178 valence electrons. The average Bonchev–Trinajstić information content (AvgIpc) is 2.84. The van der Waals surface area contributed by atoms with Crippen LogP contribution in [0, 0.1) is 6.92 Å². The van der Waals surface area contributed by atoms with E-state index < -0.39 is 10.0 Å². The fourth-order valence-corrected chi connectivity index (χ4v) is 6.28. The minimum absolute atomic E-state index is 0.167. The number of fused-ring (bicyclic) bond motifs is 1. The van der Waals surface area contributed by atoms with Gasteiger partial charge >= 0.3 is 0 Å². The molecule has 4 rings (SSSR count). The summed E-state index contributed by atoms with van der Waals surface area (Å²) in [6.07, 6.45) is 2.32. The van der Waals surface area contributed by atoms with Gasteiger partial charge in [0.25, 0.3) is 5.91 Å². The van der Waals surface area contributed by atoms with Crippen LogP contribution < -0.4 is 10.1 Å². The number of benzene rings is 2. The van der Waals surface area contributed by atoms with Crippen LogP contribution in [0.3, 0.4) is 0 Å². The maximum absolute atomic E-state index is 13.3. The van der Waals surface area contributed by atoms with Crippen molar-refractivity contribution in [2.45, 2.75) is 56.6 Å². The van der Waals surface area contributed by atoms with E-state index in [-0.39, 0.29) is 22.4 Å². The molecule has 2 aromatic carbocycles. The number of carbonyl (C=O) groups is 1. The van der Waals surface area contributed by atoms with Crippen molar-refractivity contribution in [3.05, 3.63) is 59.2 Å². The molecule has 1 N–H and O–H groups in total. The van der Waals surface area contributed by atoms with Gasteiger partial charge in [-0.3, -0.25) is 4.79 Å². The molecule has 1 saturated heterocycles. The molecule has 0 aromatic heterocycles. The Hall–Kier alpha value is -2.42. The van der Waals surface area contributed by atoms with E-state index in [1.807, 2.05) is 24.3 Å². The highest BCUT2D eigenvalue weighted by molar-refractivity contribution is 7.89. The van der Waals surface area contributed by atoms with Crippen LogP contribution in [0.2, 0.25) is 0 Å². The molecular formula is C25H32N2O5S. The Labute approximate surface area is 196 Å². The number of aryl methyl sites for hydroxylation is 1. The van der Waals surface area contributed by atoms with Crippen molar-refractivity contribution in [2.24, 2.45) is 0 Å². The van der Waals surface area contributed by atoms with Gasteiger partial charge < -0.3 is 14.8 Å². The number of hydrogen-bond donors (Lipinski definition) is 1. The summed E-state index contributed by atoms with van der Waals surface area (Å²) in [6.45, 7) is 7.31. The quantitative estimate of drug-likeness (QED) is 0.691. The first kappa shape index (κ1) is 23.7. The molecule has 1 fully saturated rings. The molecule has 0 radical (unpaired) electrons. The minimum Gasteiger partial charge on any atom is -0.487 e. The smallest absolute Gasteiger partial charge is 0.251 e. The van der Waals surface area contributed by atoms with Gasteiger partial charge in [0.15, 0.2) is 0 Å². The largest absolute Gasteiger partial charge is 0.487 e. The van der Waals surface area contributed by atoms with Crippen molar-refractivity contribution < 1.29 is 22.7 Å². The number of amides is 1. The topological polar surface area (TPSA) is 84.9 Å². The van der Waals surface area contributed by atoms with Crippen molar-refractivity contribution in [1.29, 1.82) is 0 Å². The van der Waals surface area contributed by atoms with Crippen LogP contribution in [0.4, 0.5) is 0 Å². The normalized spacial score (nSPS) is 20.5. The van der Waals surface area contributed by atoms with Crippen molar-refractivity contribution in [2.75, 3.05) is 26.3 Å². The van der Waals surface area contributed by atoms with Gasteiger partial charge in [0.2, 0.25) is 10.0 Å². The maximum atomic E-state index is 13.3. The lowest BCUT2D eigenvalue weighted by atomic mass is 9.83. The molecule has 0 aliphatic carbocycles. The Morgan fingerprint density at radius 3 is 2.52 bits per heavy atom. The summed E-state index contributed by atoms with van der Waals surface area (Å²) in [5.41, 5.74) is 1.54. The Bertz CT molecular complexity index is 1120. The lowest BCUT2D eigenvalue weighted by molar-refractivity contribution is 0.0227. The Kier molecular flexibility index (Phi) is 6.79. The molecule has 2 aliphatic heterocycles. The molecule has 1 unspecified atom stereocenters. The number of carbonyl (C=O) groups excluding carboxylic acids is 1. The third-order valence-electron chi connectivity index (χ3n) is 6.83. The first-order chi connectivity index (χ1) is 15.8. The molecule has 8 heteroatoms. The molecule has 1 atom stereocenters. The standard InChI is InChI=1S/C25H32N2O5S/c1-4-25(5-2)17-21(20-8-6-7-9-22(20)32-25)26-24(28)19-11-10-18(3)23(16-19)33(29,30)27-12-14-31-15-13-27/h6-11,16,21H,4-5,12-15,17H2,1-3H3,(H,26,28). The zero-order chi connectivity index (χ0) is 23.6. The van der Waals surface area contributed by atoms with Crippen molar-refractivity contribution >= 4 is 15.9 Å². The lowest BCUT2D eigenvalue weighted by Crippen LogP contribution is -2.44. The van der Waals surface area contributed by atoms with Crippen LogP contribution in [-0.2, 0) is 14.8 Å². The predicted molar refractivity (Wildman–Crippen MR) is 126 cm³/mol. The van der Waals surface area contributed by atoms with Crippen molar-refractivity contribution in [3.63, 3.8) is 0 Å². The Morgan fingerprint density at radius 2 is 1.82 bits per heavy atom. The molecule has 2 heterocycles. The summed E-state index contributed by atoms with van der Waals surface area (Å²) in [5, 5.41) is 3.15. The van der Waals surface area contributed by atoms with Gasteiger partial charge in [-0.2, -0.15) is 4.31 Å². The average molecular weight is 473 g/mol. The highest BCUT2D eigenvalue weighted by atomic mass is 32.2. The number of ether oxygens (including phenoxy) is 2. The first-order valence-corrected chi connectivity index (χ1v) is 13.0. The molecular weight excluding hydrogens is 440 g/mol. The molecule has 33 heavy (non-hydrogen) atoms. The second kappa shape index (κ2) is 9.44. The van der Waals surface area contributed by atoms with Gasteiger partial charge in [-0.1, -0.05) is 38.1 Å². The predicted octanol–water partition coefficient (Wildman–Crippen LogP) is 3.83. The van der Waals surface area contributed by atoms with E-state index in [2.05, 4.69) is 19.2 Å². The lowest BCUT2D eigenvalue weighted by Gasteiger charge is -2.41. The van der Waals surface area contributed by atoms with Crippen LogP contribution in [-0.4, -0.2) is 50.5 Å². The fourth-order valence-electron chi connectivity index (χ4n) is 4.62. The van der Waals surface area contributed by atoms with E-state index in [1.165, 1.54) is 10.4 Å². The molecule has 2 aliphatic rings. The van der Waals surface area contributed by atoms with E-state index in [4.69, 9.17) is 9.47 Å². The van der Waals surface area contributed by atoms with Gasteiger partial charge in [-0.15, -0.1) is 0 Å². The van der Waals surface area contributed by atoms with Gasteiger partial charge in [0, 0.05) is 30.6 Å². The van der Waals surface area contributed by atoms with Gasteiger partial charge in [0.05, 0.1) is 24.2 Å². The van der Waals surface area contributed by atoms with E-state index in [0.29, 0.717) is 43.9 Å². The number of sulfonamides is 1. The van der Waals surface area contributed by atoms with Gasteiger partial charge in [-0.25, -0.2) is 8.42 Å². The zero-order valence-electron chi connectivity index (χ0n) is 19.5. The molecule has 0 bridgehead atoms. The fraction of sp³-hybridized carbons (Fsp3) is 0.480. The molecule has 0 spiro atoms. The number of morpholine rings is 1. The van der Waals surface area contributed by atoms with E-state index in [9.17, 15) is 13.2 Å². The molecule has 0 saturated carbocycles. The SMILES string of the molecule is CCC1(CC)CC(NC(=O)c2ccc(C)c(S(=O)(=O)N3CCOCC3)c2)c2ccccc2O1. The monoisotopic (exact) mass is 472 g/mol. The third-order valence-corrected chi connectivity index (χ3v) is 8.87.